The van der Waals surface area contributed by atoms with E-state index < -0.39 is 20.0 Å². The fourth-order valence-electron chi connectivity index (χ4n) is 2.92. The lowest BCUT2D eigenvalue weighted by Crippen LogP contribution is -2.42. The molecule has 0 radical (unpaired) electrons. The molecule has 1 atom stereocenters. The fourth-order valence-corrected chi connectivity index (χ4v) is 5.27. The SMILES string of the molecule is Cc1ccc(S(=O)(=O)NC[C@@H]2CC(C)(C)CN2S(C)(=O)=O)cc1. The summed E-state index contributed by atoms with van der Waals surface area (Å²) in [6.45, 7) is 6.34. The predicted octanol–water partition coefficient (Wildman–Crippen LogP) is 1.33. The Kier molecular flexibility index (Phi) is 4.92. The molecule has 1 aromatic carbocycles. The lowest BCUT2D eigenvalue weighted by atomic mass is 9.91. The lowest BCUT2D eigenvalue weighted by Gasteiger charge is -2.22. The van der Waals surface area contributed by atoms with Gasteiger partial charge in [0, 0.05) is 19.1 Å². The number of aryl methyl sites for hydroxylation is 1. The van der Waals surface area contributed by atoms with Crippen LogP contribution in [0.3, 0.4) is 0 Å². The third kappa shape index (κ3) is 4.53. The van der Waals surface area contributed by atoms with Crippen LogP contribution in [-0.4, -0.2) is 46.5 Å². The van der Waals surface area contributed by atoms with Crippen LogP contribution in [-0.2, 0) is 20.0 Å². The van der Waals surface area contributed by atoms with Gasteiger partial charge in [-0.15, -0.1) is 0 Å². The van der Waals surface area contributed by atoms with Crippen LogP contribution in [0.2, 0.25) is 0 Å². The maximum atomic E-state index is 12.3. The van der Waals surface area contributed by atoms with Crippen LogP contribution in [0.1, 0.15) is 25.8 Å². The average molecular weight is 361 g/mol. The Hall–Kier alpha value is -0.960. The van der Waals surface area contributed by atoms with Gasteiger partial charge in [0.1, 0.15) is 0 Å². The van der Waals surface area contributed by atoms with E-state index in [1.807, 2.05) is 20.8 Å². The molecule has 0 saturated carbocycles. The molecular formula is C15H24N2O4S2. The summed E-state index contributed by atoms with van der Waals surface area (Å²) in [6, 6.07) is 6.20. The molecule has 23 heavy (non-hydrogen) atoms. The summed E-state index contributed by atoms with van der Waals surface area (Å²) < 4.78 is 52.4. The summed E-state index contributed by atoms with van der Waals surface area (Å²) >= 11 is 0. The van der Waals surface area contributed by atoms with E-state index in [2.05, 4.69) is 4.72 Å². The van der Waals surface area contributed by atoms with E-state index >= 15 is 0 Å². The third-order valence-electron chi connectivity index (χ3n) is 4.05. The van der Waals surface area contributed by atoms with Crippen LogP contribution in [0.15, 0.2) is 29.2 Å². The Labute approximate surface area is 139 Å². The van der Waals surface area contributed by atoms with E-state index in [-0.39, 0.29) is 22.9 Å². The smallest absolute Gasteiger partial charge is 0.212 e. The minimum Gasteiger partial charge on any atom is -0.212 e. The predicted molar refractivity (Wildman–Crippen MR) is 90.1 cm³/mol. The van der Waals surface area contributed by atoms with Crippen molar-refractivity contribution in [1.29, 1.82) is 0 Å². The summed E-state index contributed by atoms with van der Waals surface area (Å²) in [7, 11) is -7.00. The fraction of sp³-hybridized carbons (Fsp3) is 0.600. The number of hydrogen-bond donors (Lipinski definition) is 1. The van der Waals surface area contributed by atoms with E-state index in [9.17, 15) is 16.8 Å². The van der Waals surface area contributed by atoms with Crippen LogP contribution in [0.5, 0.6) is 0 Å². The van der Waals surface area contributed by atoms with Gasteiger partial charge >= 0.3 is 0 Å². The molecule has 130 valence electrons. The highest BCUT2D eigenvalue weighted by Gasteiger charge is 2.42. The van der Waals surface area contributed by atoms with Crippen LogP contribution < -0.4 is 4.72 Å². The van der Waals surface area contributed by atoms with E-state index in [0.717, 1.165) is 11.8 Å². The van der Waals surface area contributed by atoms with Crippen LogP contribution in [0.4, 0.5) is 0 Å². The molecule has 1 aromatic rings. The molecule has 0 amide bonds. The zero-order valence-electron chi connectivity index (χ0n) is 13.9. The van der Waals surface area contributed by atoms with E-state index in [1.54, 1.807) is 24.3 Å². The molecule has 1 N–H and O–H groups in total. The van der Waals surface area contributed by atoms with Gasteiger partial charge < -0.3 is 0 Å². The van der Waals surface area contributed by atoms with Crippen LogP contribution in [0, 0.1) is 12.3 Å². The van der Waals surface area contributed by atoms with Crippen molar-refractivity contribution in [2.45, 2.75) is 38.1 Å². The van der Waals surface area contributed by atoms with Gasteiger partial charge in [-0.05, 0) is 30.9 Å². The molecule has 2 rings (SSSR count). The molecule has 0 unspecified atom stereocenters. The monoisotopic (exact) mass is 360 g/mol. The maximum Gasteiger partial charge on any atom is 0.240 e. The van der Waals surface area contributed by atoms with Crippen LogP contribution >= 0.6 is 0 Å². The van der Waals surface area contributed by atoms with Crippen molar-refractivity contribution >= 4 is 20.0 Å². The zero-order valence-corrected chi connectivity index (χ0v) is 15.5. The van der Waals surface area contributed by atoms with E-state index in [0.29, 0.717) is 13.0 Å². The number of rotatable bonds is 5. The number of hydrogen-bond acceptors (Lipinski definition) is 4. The molecule has 0 spiro atoms. The Morgan fingerprint density at radius 3 is 2.26 bits per heavy atom. The minimum absolute atomic E-state index is 0.0761. The van der Waals surface area contributed by atoms with Crippen LogP contribution in [0.25, 0.3) is 0 Å². The molecule has 1 fully saturated rings. The van der Waals surface area contributed by atoms with Crippen molar-refractivity contribution in [1.82, 2.24) is 9.03 Å². The zero-order chi connectivity index (χ0) is 17.5. The van der Waals surface area contributed by atoms with Gasteiger partial charge in [0.15, 0.2) is 0 Å². The number of nitrogens with zero attached hydrogens (tertiary/aromatic N) is 1. The highest BCUT2D eigenvalue weighted by Crippen LogP contribution is 2.35. The Morgan fingerprint density at radius 1 is 1.17 bits per heavy atom. The molecule has 1 aliphatic heterocycles. The minimum atomic E-state index is -3.64. The van der Waals surface area contributed by atoms with Gasteiger partial charge in [-0.3, -0.25) is 0 Å². The van der Waals surface area contributed by atoms with Crippen molar-refractivity contribution in [3.8, 4) is 0 Å². The first kappa shape index (κ1) is 18.4. The normalized spacial score (nSPS) is 22.3. The second-order valence-corrected chi connectivity index (χ2v) is 10.7. The van der Waals surface area contributed by atoms with Gasteiger partial charge in [-0.25, -0.2) is 21.6 Å². The molecule has 0 aromatic heterocycles. The second kappa shape index (κ2) is 6.16. The first-order valence-corrected chi connectivity index (χ1v) is 10.8. The molecular weight excluding hydrogens is 336 g/mol. The van der Waals surface area contributed by atoms with Gasteiger partial charge in [0.25, 0.3) is 0 Å². The lowest BCUT2D eigenvalue weighted by molar-refractivity contribution is 0.368. The second-order valence-electron chi connectivity index (χ2n) is 7.00. The first-order valence-electron chi connectivity index (χ1n) is 7.44. The standard InChI is InChI=1S/C15H24N2O4S2/c1-12-5-7-14(8-6-12)23(20,21)16-10-13-9-15(2,3)11-17(13)22(4,18)19/h5-8,13,16H,9-11H2,1-4H3/t13-/m0/s1. The quantitative estimate of drug-likeness (QED) is 0.859. The molecule has 8 heteroatoms. The van der Waals surface area contributed by atoms with Crippen molar-refractivity contribution in [2.75, 3.05) is 19.3 Å². The third-order valence-corrected chi connectivity index (χ3v) is 6.76. The largest absolute Gasteiger partial charge is 0.240 e. The Bertz CT molecular complexity index is 768. The first-order chi connectivity index (χ1) is 10.4. The summed E-state index contributed by atoms with van der Waals surface area (Å²) in [5.41, 5.74) is 0.813. The summed E-state index contributed by atoms with van der Waals surface area (Å²) in [6.07, 6.45) is 1.78. The van der Waals surface area contributed by atoms with Crippen molar-refractivity contribution in [2.24, 2.45) is 5.41 Å². The Balaban J connectivity index is 2.14. The van der Waals surface area contributed by atoms with Gasteiger partial charge in [0.2, 0.25) is 20.0 Å². The van der Waals surface area contributed by atoms with Gasteiger partial charge in [-0.1, -0.05) is 31.5 Å². The van der Waals surface area contributed by atoms with Crippen molar-refractivity contribution in [3.63, 3.8) is 0 Å². The summed E-state index contributed by atoms with van der Waals surface area (Å²) in [5.74, 6) is 0. The molecule has 1 aliphatic rings. The number of sulfonamides is 2. The highest BCUT2D eigenvalue weighted by molar-refractivity contribution is 7.89. The average Bonchev–Trinajstić information content (AvgIpc) is 2.72. The molecule has 0 bridgehead atoms. The Morgan fingerprint density at radius 2 is 1.74 bits per heavy atom. The number of nitrogens with one attached hydrogen (secondary N) is 1. The van der Waals surface area contributed by atoms with Gasteiger partial charge in [0.05, 0.1) is 11.2 Å². The maximum absolute atomic E-state index is 12.3. The molecule has 1 heterocycles. The van der Waals surface area contributed by atoms with E-state index in [4.69, 9.17) is 0 Å². The number of benzene rings is 1. The molecule has 0 aliphatic carbocycles. The van der Waals surface area contributed by atoms with Crippen molar-refractivity contribution in [3.05, 3.63) is 29.8 Å². The molecule has 1 saturated heterocycles. The van der Waals surface area contributed by atoms with Gasteiger partial charge in [-0.2, -0.15) is 4.31 Å². The topological polar surface area (TPSA) is 83.6 Å². The molecule has 6 nitrogen and oxygen atoms in total. The summed E-state index contributed by atoms with van der Waals surface area (Å²) in [5, 5.41) is 0. The highest BCUT2D eigenvalue weighted by atomic mass is 32.2. The summed E-state index contributed by atoms with van der Waals surface area (Å²) in [4.78, 5) is 0.186. The van der Waals surface area contributed by atoms with E-state index in [1.165, 1.54) is 4.31 Å². The van der Waals surface area contributed by atoms with Crippen molar-refractivity contribution < 1.29 is 16.8 Å².